The van der Waals surface area contributed by atoms with Gasteiger partial charge in [-0.25, -0.2) is 0 Å². The van der Waals surface area contributed by atoms with E-state index in [9.17, 15) is 0 Å². The van der Waals surface area contributed by atoms with Gasteiger partial charge in [-0.05, 0) is 49.1 Å². The summed E-state index contributed by atoms with van der Waals surface area (Å²) in [6, 6.07) is 13.9. The molecule has 1 nitrogen and oxygen atoms in total. The van der Waals surface area contributed by atoms with Crippen LogP contribution in [0.15, 0.2) is 36.4 Å². The standard InChI is InChI=1S/C18H25NS/c1-5-13(3)15-8-10-16(11-9-15)18(19-6-2)17-12-7-14(4)20-17/h7-13,18-19H,5-6H2,1-4H3. The minimum Gasteiger partial charge on any atom is -0.306 e. The quantitative estimate of drug-likeness (QED) is 0.763. The Hall–Kier alpha value is -1.12. The van der Waals surface area contributed by atoms with E-state index < -0.39 is 0 Å². The molecule has 2 rings (SSSR count). The summed E-state index contributed by atoms with van der Waals surface area (Å²) in [5.41, 5.74) is 2.80. The summed E-state index contributed by atoms with van der Waals surface area (Å²) in [7, 11) is 0. The Morgan fingerprint density at radius 2 is 1.65 bits per heavy atom. The van der Waals surface area contributed by atoms with Gasteiger partial charge in [0, 0.05) is 9.75 Å². The van der Waals surface area contributed by atoms with Gasteiger partial charge in [0.2, 0.25) is 0 Å². The van der Waals surface area contributed by atoms with Crippen molar-refractivity contribution in [1.29, 1.82) is 0 Å². The smallest absolute Gasteiger partial charge is 0.0671 e. The number of nitrogens with one attached hydrogen (secondary N) is 1. The molecule has 0 saturated heterocycles. The predicted molar refractivity (Wildman–Crippen MR) is 89.7 cm³/mol. The molecule has 108 valence electrons. The van der Waals surface area contributed by atoms with Crippen molar-refractivity contribution in [2.75, 3.05) is 6.54 Å². The molecule has 1 aromatic carbocycles. The van der Waals surface area contributed by atoms with Crippen LogP contribution in [0.2, 0.25) is 0 Å². The minimum atomic E-state index is 0.324. The van der Waals surface area contributed by atoms with Crippen LogP contribution in [0.5, 0.6) is 0 Å². The summed E-state index contributed by atoms with van der Waals surface area (Å²) in [5.74, 6) is 0.644. The number of benzene rings is 1. The third-order valence-electron chi connectivity index (χ3n) is 3.91. The van der Waals surface area contributed by atoms with E-state index in [1.807, 2.05) is 11.3 Å². The van der Waals surface area contributed by atoms with Crippen LogP contribution in [0.25, 0.3) is 0 Å². The van der Waals surface area contributed by atoms with Crippen LogP contribution >= 0.6 is 11.3 Å². The lowest BCUT2D eigenvalue weighted by Crippen LogP contribution is -2.21. The molecule has 0 aliphatic rings. The van der Waals surface area contributed by atoms with E-state index in [1.165, 1.54) is 27.3 Å². The lowest BCUT2D eigenvalue weighted by molar-refractivity contribution is 0.638. The van der Waals surface area contributed by atoms with Crippen molar-refractivity contribution >= 4 is 11.3 Å². The van der Waals surface area contributed by atoms with Crippen molar-refractivity contribution in [3.05, 3.63) is 57.3 Å². The molecule has 1 heterocycles. The number of hydrogen-bond acceptors (Lipinski definition) is 2. The average molecular weight is 287 g/mol. The molecule has 0 bridgehead atoms. The minimum absolute atomic E-state index is 0.324. The van der Waals surface area contributed by atoms with Gasteiger partial charge < -0.3 is 5.32 Å². The van der Waals surface area contributed by atoms with Crippen LogP contribution in [0.4, 0.5) is 0 Å². The fraction of sp³-hybridized carbons (Fsp3) is 0.444. The maximum absolute atomic E-state index is 3.60. The second kappa shape index (κ2) is 7.05. The molecule has 0 spiro atoms. The van der Waals surface area contributed by atoms with Crippen LogP contribution in [0.3, 0.4) is 0 Å². The Morgan fingerprint density at radius 1 is 1.00 bits per heavy atom. The highest BCUT2D eigenvalue weighted by atomic mass is 32.1. The summed E-state index contributed by atoms with van der Waals surface area (Å²) in [6.07, 6.45) is 1.19. The van der Waals surface area contributed by atoms with Crippen molar-refractivity contribution in [2.24, 2.45) is 0 Å². The van der Waals surface area contributed by atoms with Crippen LogP contribution < -0.4 is 5.32 Å². The fourth-order valence-corrected chi connectivity index (χ4v) is 3.43. The Labute approximate surface area is 127 Å². The van der Waals surface area contributed by atoms with Crippen molar-refractivity contribution in [1.82, 2.24) is 5.32 Å². The van der Waals surface area contributed by atoms with Crippen molar-refractivity contribution in [2.45, 2.75) is 46.1 Å². The molecule has 20 heavy (non-hydrogen) atoms. The van der Waals surface area contributed by atoms with Gasteiger partial charge in [-0.3, -0.25) is 0 Å². The second-order valence-electron chi connectivity index (χ2n) is 5.42. The first-order valence-electron chi connectivity index (χ1n) is 7.55. The second-order valence-corrected chi connectivity index (χ2v) is 6.73. The monoisotopic (exact) mass is 287 g/mol. The molecule has 2 atom stereocenters. The van der Waals surface area contributed by atoms with Gasteiger partial charge in [0.15, 0.2) is 0 Å². The Kier molecular flexibility index (Phi) is 5.38. The van der Waals surface area contributed by atoms with E-state index in [0.29, 0.717) is 12.0 Å². The van der Waals surface area contributed by atoms with Gasteiger partial charge in [-0.1, -0.05) is 45.0 Å². The highest BCUT2D eigenvalue weighted by Crippen LogP contribution is 2.29. The molecule has 0 radical (unpaired) electrons. The van der Waals surface area contributed by atoms with E-state index >= 15 is 0 Å². The Balaban J connectivity index is 2.25. The number of aryl methyl sites for hydroxylation is 1. The summed E-state index contributed by atoms with van der Waals surface area (Å²) in [4.78, 5) is 2.78. The zero-order valence-corrected chi connectivity index (χ0v) is 13.8. The topological polar surface area (TPSA) is 12.0 Å². The van der Waals surface area contributed by atoms with Gasteiger partial charge in [-0.2, -0.15) is 0 Å². The predicted octanol–water partition coefficient (Wildman–Crippen LogP) is 5.27. The Morgan fingerprint density at radius 3 is 2.15 bits per heavy atom. The number of thiophene rings is 1. The maximum Gasteiger partial charge on any atom is 0.0671 e. The lowest BCUT2D eigenvalue weighted by atomic mass is 9.95. The van der Waals surface area contributed by atoms with E-state index in [1.54, 1.807) is 0 Å². The first-order chi connectivity index (χ1) is 9.65. The van der Waals surface area contributed by atoms with Crippen LogP contribution in [-0.4, -0.2) is 6.54 Å². The van der Waals surface area contributed by atoms with Crippen LogP contribution in [0.1, 0.15) is 60.0 Å². The first kappa shape index (κ1) is 15.3. The molecular weight excluding hydrogens is 262 g/mol. The molecular formula is C18H25NS. The van der Waals surface area contributed by atoms with Crippen molar-refractivity contribution in [3.8, 4) is 0 Å². The van der Waals surface area contributed by atoms with Crippen molar-refractivity contribution in [3.63, 3.8) is 0 Å². The van der Waals surface area contributed by atoms with E-state index in [-0.39, 0.29) is 0 Å². The lowest BCUT2D eigenvalue weighted by Gasteiger charge is -2.18. The molecule has 1 N–H and O–H groups in total. The fourth-order valence-electron chi connectivity index (χ4n) is 2.45. The summed E-state index contributed by atoms with van der Waals surface area (Å²) in [6.45, 7) is 9.85. The highest BCUT2D eigenvalue weighted by Gasteiger charge is 2.15. The summed E-state index contributed by atoms with van der Waals surface area (Å²) < 4.78 is 0. The molecule has 0 saturated carbocycles. The normalized spacial score (nSPS) is 14.2. The summed E-state index contributed by atoms with van der Waals surface area (Å²) >= 11 is 1.88. The van der Waals surface area contributed by atoms with Gasteiger partial charge in [0.1, 0.15) is 0 Å². The molecule has 2 aromatic rings. The van der Waals surface area contributed by atoms with E-state index in [0.717, 1.165) is 6.54 Å². The number of hydrogen-bond donors (Lipinski definition) is 1. The highest BCUT2D eigenvalue weighted by molar-refractivity contribution is 7.12. The Bertz CT molecular complexity index is 527. The van der Waals surface area contributed by atoms with Gasteiger partial charge in [0.05, 0.1) is 6.04 Å². The zero-order chi connectivity index (χ0) is 14.5. The van der Waals surface area contributed by atoms with Gasteiger partial charge in [-0.15, -0.1) is 11.3 Å². The zero-order valence-electron chi connectivity index (χ0n) is 12.9. The first-order valence-corrected chi connectivity index (χ1v) is 8.36. The van der Waals surface area contributed by atoms with Gasteiger partial charge in [0.25, 0.3) is 0 Å². The molecule has 2 unspecified atom stereocenters. The van der Waals surface area contributed by atoms with Crippen molar-refractivity contribution < 1.29 is 0 Å². The molecule has 0 fully saturated rings. The molecule has 0 amide bonds. The van der Waals surface area contributed by atoms with Gasteiger partial charge >= 0.3 is 0 Å². The average Bonchev–Trinajstić information content (AvgIpc) is 2.90. The third-order valence-corrected chi connectivity index (χ3v) is 4.97. The van der Waals surface area contributed by atoms with Crippen LogP contribution in [-0.2, 0) is 0 Å². The number of rotatable bonds is 6. The molecule has 0 aliphatic heterocycles. The molecule has 2 heteroatoms. The third kappa shape index (κ3) is 3.50. The van der Waals surface area contributed by atoms with E-state index in [4.69, 9.17) is 0 Å². The molecule has 1 aromatic heterocycles. The van der Waals surface area contributed by atoms with E-state index in [2.05, 4.69) is 69.4 Å². The largest absolute Gasteiger partial charge is 0.306 e. The van der Waals surface area contributed by atoms with Crippen LogP contribution in [0, 0.1) is 6.92 Å². The molecule has 0 aliphatic carbocycles. The maximum atomic E-state index is 3.60. The SMILES string of the molecule is CCNC(c1ccc(C(C)CC)cc1)c1ccc(C)s1. The summed E-state index contributed by atoms with van der Waals surface area (Å²) in [5, 5.41) is 3.60.